The molecule has 1 unspecified atom stereocenters. The highest BCUT2D eigenvalue weighted by molar-refractivity contribution is 5.98. The number of methoxy groups -OCH3 is 1. The van der Waals surface area contributed by atoms with E-state index in [0.29, 0.717) is 30.7 Å². The smallest absolute Gasteiger partial charge is 0.247 e. The molecule has 1 aromatic heterocycles. The summed E-state index contributed by atoms with van der Waals surface area (Å²) < 4.78 is 5.18. The second kappa shape index (κ2) is 10.5. The minimum absolute atomic E-state index is 0.159. The van der Waals surface area contributed by atoms with Crippen molar-refractivity contribution in [3.05, 3.63) is 96.2 Å². The summed E-state index contributed by atoms with van der Waals surface area (Å²) in [4.78, 5) is 29.2. The van der Waals surface area contributed by atoms with E-state index in [9.17, 15) is 9.59 Å². The lowest BCUT2D eigenvalue weighted by atomic mass is 10.0. The van der Waals surface area contributed by atoms with Crippen LogP contribution in [0.15, 0.2) is 85.1 Å². The summed E-state index contributed by atoms with van der Waals surface area (Å²) in [5, 5.41) is 6.90. The maximum absolute atomic E-state index is 13.2. The number of aryl methyl sites for hydroxylation is 1. The Morgan fingerprint density at radius 3 is 2.42 bits per heavy atom. The molecular formula is C27H27N3O3. The van der Waals surface area contributed by atoms with Crippen LogP contribution < -0.4 is 15.4 Å². The summed E-state index contributed by atoms with van der Waals surface area (Å²) >= 11 is 0. The number of amides is 2. The maximum Gasteiger partial charge on any atom is 0.247 e. The maximum atomic E-state index is 13.2. The molecule has 3 N–H and O–H groups in total. The number of aromatic amines is 1. The van der Waals surface area contributed by atoms with Crippen LogP contribution in [0.2, 0.25) is 0 Å². The van der Waals surface area contributed by atoms with Crippen LogP contribution in [0.1, 0.15) is 17.5 Å². The number of para-hydroxylation sites is 1. The highest BCUT2D eigenvalue weighted by atomic mass is 16.5. The fourth-order valence-electron chi connectivity index (χ4n) is 3.80. The van der Waals surface area contributed by atoms with E-state index >= 15 is 0 Å². The van der Waals surface area contributed by atoms with Crippen molar-refractivity contribution in [3.63, 3.8) is 0 Å². The van der Waals surface area contributed by atoms with E-state index in [-0.39, 0.29) is 11.8 Å². The van der Waals surface area contributed by atoms with Crippen molar-refractivity contribution >= 4 is 28.4 Å². The zero-order chi connectivity index (χ0) is 23.0. The zero-order valence-electron chi connectivity index (χ0n) is 18.5. The molecule has 0 aliphatic heterocycles. The number of benzene rings is 3. The Morgan fingerprint density at radius 2 is 1.67 bits per heavy atom. The van der Waals surface area contributed by atoms with Gasteiger partial charge in [-0.2, -0.15) is 0 Å². The van der Waals surface area contributed by atoms with Crippen LogP contribution in [0.3, 0.4) is 0 Å². The van der Waals surface area contributed by atoms with Gasteiger partial charge in [-0.25, -0.2) is 0 Å². The highest BCUT2D eigenvalue weighted by Crippen LogP contribution is 2.20. The summed E-state index contributed by atoms with van der Waals surface area (Å²) in [6.45, 7) is 0. The van der Waals surface area contributed by atoms with Gasteiger partial charge in [0.25, 0.3) is 0 Å². The first-order chi connectivity index (χ1) is 16.1. The molecule has 0 fully saturated rings. The Kier molecular flexibility index (Phi) is 7.05. The number of carbonyl (C=O) groups is 2. The molecule has 0 aliphatic rings. The summed E-state index contributed by atoms with van der Waals surface area (Å²) in [6, 6.07) is 24.2. The Morgan fingerprint density at radius 1 is 0.939 bits per heavy atom. The van der Waals surface area contributed by atoms with E-state index in [0.717, 1.165) is 22.0 Å². The fourth-order valence-corrected chi connectivity index (χ4v) is 3.80. The third kappa shape index (κ3) is 5.80. The number of ether oxygens (including phenoxy) is 1. The molecule has 0 saturated heterocycles. The van der Waals surface area contributed by atoms with Gasteiger partial charge in [0.1, 0.15) is 11.8 Å². The SMILES string of the molecule is COc1ccc(NC(=O)C(Cc2c[nH]c3ccccc23)NC(=O)CCc2ccccc2)cc1. The lowest BCUT2D eigenvalue weighted by Crippen LogP contribution is -2.45. The van der Waals surface area contributed by atoms with Crippen LogP contribution in [-0.4, -0.2) is 29.9 Å². The Bertz CT molecular complexity index is 1220. The number of anilines is 1. The molecule has 0 saturated carbocycles. The topological polar surface area (TPSA) is 83.2 Å². The largest absolute Gasteiger partial charge is 0.497 e. The predicted molar refractivity (Wildman–Crippen MR) is 130 cm³/mol. The molecule has 1 atom stereocenters. The third-order valence-electron chi connectivity index (χ3n) is 5.59. The normalized spacial score (nSPS) is 11.7. The van der Waals surface area contributed by atoms with Crippen LogP contribution in [0.4, 0.5) is 5.69 Å². The number of rotatable bonds is 9. The summed E-state index contributed by atoms with van der Waals surface area (Å²) in [7, 11) is 1.59. The number of fused-ring (bicyclic) bond motifs is 1. The Labute approximate surface area is 193 Å². The van der Waals surface area contributed by atoms with Crippen LogP contribution in [0.25, 0.3) is 10.9 Å². The van der Waals surface area contributed by atoms with Gasteiger partial charge in [0.2, 0.25) is 11.8 Å². The van der Waals surface area contributed by atoms with Crippen molar-refractivity contribution in [1.29, 1.82) is 0 Å². The van der Waals surface area contributed by atoms with Crippen molar-refractivity contribution in [1.82, 2.24) is 10.3 Å². The minimum atomic E-state index is -0.713. The Hall–Kier alpha value is -4.06. The monoisotopic (exact) mass is 441 g/mol. The quantitative estimate of drug-likeness (QED) is 0.358. The summed E-state index contributed by atoms with van der Waals surface area (Å²) in [6.07, 6.45) is 3.20. The van der Waals surface area contributed by atoms with Gasteiger partial charge in [0.15, 0.2) is 0 Å². The second-order valence-electron chi connectivity index (χ2n) is 7.89. The molecular weight excluding hydrogens is 414 g/mol. The third-order valence-corrected chi connectivity index (χ3v) is 5.59. The lowest BCUT2D eigenvalue weighted by Gasteiger charge is -2.19. The van der Waals surface area contributed by atoms with Crippen LogP contribution in [0, 0.1) is 0 Å². The molecule has 6 nitrogen and oxygen atoms in total. The fraction of sp³-hybridized carbons (Fsp3) is 0.185. The molecule has 6 heteroatoms. The van der Waals surface area contributed by atoms with Crippen molar-refractivity contribution in [2.75, 3.05) is 12.4 Å². The molecule has 3 aromatic carbocycles. The van der Waals surface area contributed by atoms with E-state index in [1.54, 1.807) is 31.4 Å². The van der Waals surface area contributed by atoms with Gasteiger partial charge in [-0.3, -0.25) is 9.59 Å². The van der Waals surface area contributed by atoms with Crippen molar-refractivity contribution in [3.8, 4) is 5.75 Å². The van der Waals surface area contributed by atoms with Gasteiger partial charge < -0.3 is 20.4 Å². The first kappa shape index (κ1) is 22.1. The number of aromatic nitrogens is 1. The standard InChI is InChI=1S/C27H27N3O3/c1-33-22-14-12-21(13-15-22)29-27(32)25(17-20-18-28-24-10-6-5-9-23(20)24)30-26(31)16-11-19-7-3-2-4-8-19/h2-10,12-15,18,25,28H,11,16-17H2,1H3,(H,29,32)(H,30,31). The van der Waals surface area contributed by atoms with Gasteiger partial charge >= 0.3 is 0 Å². The molecule has 0 bridgehead atoms. The van der Waals surface area contributed by atoms with Gasteiger partial charge in [-0.15, -0.1) is 0 Å². The zero-order valence-corrected chi connectivity index (χ0v) is 18.5. The molecule has 4 rings (SSSR count). The summed E-state index contributed by atoms with van der Waals surface area (Å²) in [5.74, 6) is 0.282. The predicted octanol–water partition coefficient (Wildman–Crippen LogP) is 4.48. The first-order valence-corrected chi connectivity index (χ1v) is 11.0. The van der Waals surface area contributed by atoms with E-state index < -0.39 is 6.04 Å². The number of H-pyrrole nitrogens is 1. The minimum Gasteiger partial charge on any atom is -0.497 e. The molecule has 2 amide bonds. The molecule has 1 heterocycles. The van der Waals surface area contributed by atoms with Crippen LogP contribution in [-0.2, 0) is 22.4 Å². The molecule has 168 valence electrons. The highest BCUT2D eigenvalue weighted by Gasteiger charge is 2.23. The van der Waals surface area contributed by atoms with Gasteiger partial charge in [-0.05, 0) is 47.9 Å². The summed E-state index contributed by atoms with van der Waals surface area (Å²) in [5.41, 5.74) is 3.70. The molecule has 33 heavy (non-hydrogen) atoms. The average molecular weight is 442 g/mol. The van der Waals surface area contributed by atoms with Gasteiger partial charge in [0.05, 0.1) is 7.11 Å². The van der Waals surface area contributed by atoms with E-state index in [1.165, 1.54) is 0 Å². The van der Waals surface area contributed by atoms with Crippen molar-refractivity contribution in [2.45, 2.75) is 25.3 Å². The Balaban J connectivity index is 1.48. The van der Waals surface area contributed by atoms with Crippen molar-refractivity contribution in [2.24, 2.45) is 0 Å². The van der Waals surface area contributed by atoms with E-state index in [4.69, 9.17) is 4.74 Å². The molecule has 0 radical (unpaired) electrons. The number of carbonyl (C=O) groups excluding carboxylic acids is 2. The average Bonchev–Trinajstić information content (AvgIpc) is 3.26. The van der Waals surface area contributed by atoms with Crippen LogP contribution >= 0.6 is 0 Å². The second-order valence-corrected chi connectivity index (χ2v) is 7.89. The lowest BCUT2D eigenvalue weighted by molar-refractivity contribution is -0.126. The van der Waals surface area contributed by atoms with Gasteiger partial charge in [-0.1, -0.05) is 48.5 Å². The number of hydrogen-bond acceptors (Lipinski definition) is 3. The number of nitrogens with one attached hydrogen (secondary N) is 3. The van der Waals surface area contributed by atoms with Gasteiger partial charge in [0, 0.05) is 35.6 Å². The first-order valence-electron chi connectivity index (χ1n) is 11.0. The number of hydrogen-bond donors (Lipinski definition) is 3. The van der Waals surface area contributed by atoms with E-state index in [2.05, 4.69) is 15.6 Å². The molecule has 0 spiro atoms. The van der Waals surface area contributed by atoms with Crippen LogP contribution in [0.5, 0.6) is 5.75 Å². The molecule has 0 aliphatic carbocycles. The molecule has 4 aromatic rings. The van der Waals surface area contributed by atoms with E-state index in [1.807, 2.05) is 60.8 Å². The van der Waals surface area contributed by atoms with Crippen molar-refractivity contribution < 1.29 is 14.3 Å².